The van der Waals surface area contributed by atoms with Gasteiger partial charge >= 0.3 is 0 Å². The van der Waals surface area contributed by atoms with Gasteiger partial charge in [-0.25, -0.2) is 4.98 Å². The summed E-state index contributed by atoms with van der Waals surface area (Å²) in [7, 11) is 4.03. The number of carbonyl (C=O) groups is 1. The topological polar surface area (TPSA) is 53.7 Å². The van der Waals surface area contributed by atoms with Crippen LogP contribution in [-0.4, -0.2) is 52.4 Å². The molecule has 3 aromatic rings. The summed E-state index contributed by atoms with van der Waals surface area (Å²) in [4.78, 5) is 26.0. The number of carbonyl (C=O) groups excluding carboxylic acids is 1. The molecule has 140 valence electrons. The normalized spacial score (nSPS) is 20.0. The van der Waals surface area contributed by atoms with Crippen molar-refractivity contribution < 1.29 is 4.79 Å². The molecule has 0 N–H and O–H groups in total. The molecule has 0 saturated carbocycles. The van der Waals surface area contributed by atoms with Crippen molar-refractivity contribution in [3.8, 4) is 0 Å². The number of hydrogen-bond acceptors (Lipinski definition) is 4. The smallest absolute Gasteiger partial charge is 0.255 e. The van der Waals surface area contributed by atoms with Crippen molar-refractivity contribution in [1.82, 2.24) is 19.3 Å². The summed E-state index contributed by atoms with van der Waals surface area (Å²) in [5, 5.41) is 0. The predicted octanol–water partition coefficient (Wildman–Crippen LogP) is 2.99. The van der Waals surface area contributed by atoms with E-state index < -0.39 is 0 Å². The van der Waals surface area contributed by atoms with E-state index in [1.54, 1.807) is 18.5 Å². The molecule has 6 nitrogen and oxygen atoms in total. The fraction of sp³-hybridized carbons (Fsp3) is 0.381. The third kappa shape index (κ3) is 3.16. The van der Waals surface area contributed by atoms with Crippen molar-refractivity contribution in [2.45, 2.75) is 25.2 Å². The van der Waals surface area contributed by atoms with Crippen molar-refractivity contribution in [1.29, 1.82) is 0 Å². The van der Waals surface area contributed by atoms with Gasteiger partial charge in [0.1, 0.15) is 0 Å². The van der Waals surface area contributed by atoms with Gasteiger partial charge in [-0.2, -0.15) is 0 Å². The van der Waals surface area contributed by atoms with Gasteiger partial charge in [0.15, 0.2) is 5.82 Å². The molecule has 1 atom stereocenters. The zero-order chi connectivity index (χ0) is 19.0. The summed E-state index contributed by atoms with van der Waals surface area (Å²) >= 11 is 0. The standard InChI is InChI=1S/C21H25N5O/c1-21(18-14-25-11-5-8-17(25)19(23-18)24(2)3)9-6-12-26(15-21)20(27)16-7-4-10-22-13-16/h4-5,7-8,10-11,13-14H,6,9,12,15H2,1-3H3/t21-/m1/s1. The molecule has 1 aliphatic heterocycles. The minimum Gasteiger partial charge on any atom is -0.361 e. The van der Waals surface area contributed by atoms with Crippen LogP contribution in [0.1, 0.15) is 35.8 Å². The Morgan fingerprint density at radius 3 is 2.85 bits per heavy atom. The summed E-state index contributed by atoms with van der Waals surface area (Å²) < 4.78 is 2.13. The second-order valence-electron chi connectivity index (χ2n) is 7.78. The average Bonchev–Trinajstić information content (AvgIpc) is 3.16. The van der Waals surface area contributed by atoms with Gasteiger partial charge in [0.25, 0.3) is 5.91 Å². The van der Waals surface area contributed by atoms with Crippen LogP contribution in [0.15, 0.2) is 49.1 Å². The summed E-state index contributed by atoms with van der Waals surface area (Å²) in [5.41, 5.74) is 2.58. The highest BCUT2D eigenvalue weighted by Crippen LogP contribution is 2.35. The number of piperidine rings is 1. The van der Waals surface area contributed by atoms with Gasteiger partial charge in [-0.05, 0) is 37.1 Å². The number of aromatic nitrogens is 3. The van der Waals surface area contributed by atoms with Gasteiger partial charge in [0.2, 0.25) is 0 Å². The van der Waals surface area contributed by atoms with Crippen molar-refractivity contribution in [2.75, 3.05) is 32.1 Å². The third-order valence-corrected chi connectivity index (χ3v) is 5.43. The first-order valence-corrected chi connectivity index (χ1v) is 9.33. The van der Waals surface area contributed by atoms with Crippen molar-refractivity contribution >= 4 is 17.2 Å². The maximum atomic E-state index is 12.9. The zero-order valence-corrected chi connectivity index (χ0v) is 16.1. The molecule has 4 heterocycles. The van der Waals surface area contributed by atoms with Crippen LogP contribution < -0.4 is 4.90 Å². The van der Waals surface area contributed by atoms with Crippen molar-refractivity contribution in [2.24, 2.45) is 0 Å². The Morgan fingerprint density at radius 2 is 2.11 bits per heavy atom. The lowest BCUT2D eigenvalue weighted by atomic mass is 9.79. The van der Waals surface area contributed by atoms with Crippen LogP contribution in [0.25, 0.3) is 5.52 Å². The molecule has 0 aliphatic carbocycles. The first-order chi connectivity index (χ1) is 13.0. The van der Waals surface area contributed by atoms with Gasteiger partial charge in [0.05, 0.1) is 16.8 Å². The number of rotatable bonds is 3. The lowest BCUT2D eigenvalue weighted by Gasteiger charge is -2.40. The Morgan fingerprint density at radius 1 is 1.26 bits per heavy atom. The Hall–Kier alpha value is -2.89. The van der Waals surface area contributed by atoms with Gasteiger partial charge < -0.3 is 14.2 Å². The lowest BCUT2D eigenvalue weighted by Crippen LogP contribution is -2.47. The summed E-state index contributed by atoms with van der Waals surface area (Å²) in [6.07, 6.45) is 9.47. The second kappa shape index (κ2) is 6.68. The number of anilines is 1. The molecule has 27 heavy (non-hydrogen) atoms. The molecule has 3 aromatic heterocycles. The largest absolute Gasteiger partial charge is 0.361 e. The molecule has 0 bridgehead atoms. The van der Waals surface area contributed by atoms with E-state index in [9.17, 15) is 4.79 Å². The van der Waals surface area contributed by atoms with E-state index in [-0.39, 0.29) is 11.3 Å². The van der Waals surface area contributed by atoms with Crippen LogP contribution in [0.4, 0.5) is 5.82 Å². The van der Waals surface area contributed by atoms with Crippen LogP contribution >= 0.6 is 0 Å². The van der Waals surface area contributed by atoms with E-state index in [4.69, 9.17) is 4.98 Å². The Balaban J connectivity index is 1.68. The van der Waals surface area contributed by atoms with E-state index in [0.29, 0.717) is 12.1 Å². The second-order valence-corrected chi connectivity index (χ2v) is 7.78. The fourth-order valence-electron chi connectivity index (χ4n) is 3.94. The van der Waals surface area contributed by atoms with Crippen LogP contribution in [0.3, 0.4) is 0 Å². The summed E-state index contributed by atoms with van der Waals surface area (Å²) in [5.74, 6) is 0.998. The molecule has 6 heteroatoms. The predicted molar refractivity (Wildman–Crippen MR) is 106 cm³/mol. The minimum atomic E-state index is -0.181. The molecule has 0 radical (unpaired) electrons. The SMILES string of the molecule is CN(C)c1nc([C@]2(C)CCCN(C(=O)c3cccnc3)C2)cn2cccc12. The molecular weight excluding hydrogens is 338 g/mol. The quantitative estimate of drug-likeness (QED) is 0.718. The molecule has 0 unspecified atom stereocenters. The first kappa shape index (κ1) is 17.5. The van der Waals surface area contributed by atoms with Gasteiger partial charge in [-0.15, -0.1) is 0 Å². The minimum absolute atomic E-state index is 0.0453. The zero-order valence-electron chi connectivity index (χ0n) is 16.1. The van der Waals surface area contributed by atoms with Crippen LogP contribution in [-0.2, 0) is 5.41 Å². The van der Waals surface area contributed by atoms with Gasteiger partial charge in [-0.3, -0.25) is 9.78 Å². The monoisotopic (exact) mass is 363 g/mol. The molecule has 1 aliphatic rings. The molecule has 1 amide bonds. The number of amides is 1. The fourth-order valence-corrected chi connectivity index (χ4v) is 3.94. The summed E-state index contributed by atoms with van der Waals surface area (Å²) in [6.45, 7) is 3.65. The van der Waals surface area contributed by atoms with Crippen molar-refractivity contribution in [3.05, 3.63) is 60.3 Å². The number of fused-ring (bicyclic) bond motifs is 1. The van der Waals surface area contributed by atoms with Crippen LogP contribution in [0.5, 0.6) is 0 Å². The Kier molecular flexibility index (Phi) is 4.34. The average molecular weight is 363 g/mol. The molecule has 4 rings (SSSR count). The Labute approximate surface area is 159 Å². The molecular formula is C21H25N5O. The number of nitrogens with zero attached hydrogens (tertiary/aromatic N) is 5. The number of pyridine rings is 1. The summed E-state index contributed by atoms with van der Waals surface area (Å²) in [6, 6.07) is 7.75. The van der Waals surface area contributed by atoms with Crippen molar-refractivity contribution in [3.63, 3.8) is 0 Å². The van der Waals surface area contributed by atoms with E-state index in [1.165, 1.54) is 0 Å². The first-order valence-electron chi connectivity index (χ1n) is 9.33. The Bertz CT molecular complexity index is 965. The maximum absolute atomic E-state index is 12.9. The van der Waals surface area contributed by atoms with E-state index in [2.05, 4.69) is 34.8 Å². The van der Waals surface area contributed by atoms with Crippen LogP contribution in [0.2, 0.25) is 0 Å². The molecule has 0 spiro atoms. The van der Waals surface area contributed by atoms with Gasteiger partial charge in [0, 0.05) is 57.4 Å². The molecule has 1 saturated heterocycles. The highest BCUT2D eigenvalue weighted by Gasteiger charge is 2.37. The highest BCUT2D eigenvalue weighted by molar-refractivity contribution is 5.94. The lowest BCUT2D eigenvalue weighted by molar-refractivity contribution is 0.0647. The number of likely N-dealkylation sites (tertiary alicyclic amines) is 1. The molecule has 0 aromatic carbocycles. The third-order valence-electron chi connectivity index (χ3n) is 5.43. The highest BCUT2D eigenvalue weighted by atomic mass is 16.2. The van der Waals surface area contributed by atoms with E-state index in [0.717, 1.165) is 36.4 Å². The van der Waals surface area contributed by atoms with Crippen LogP contribution in [0, 0.1) is 0 Å². The van der Waals surface area contributed by atoms with E-state index in [1.807, 2.05) is 36.0 Å². The maximum Gasteiger partial charge on any atom is 0.255 e. The van der Waals surface area contributed by atoms with E-state index >= 15 is 0 Å². The molecule has 1 fully saturated rings. The van der Waals surface area contributed by atoms with Gasteiger partial charge in [-0.1, -0.05) is 6.92 Å². The number of hydrogen-bond donors (Lipinski definition) is 0.